The maximum Gasteiger partial charge on any atom is 0.319 e. The van der Waals surface area contributed by atoms with Crippen molar-refractivity contribution in [3.8, 4) is 0 Å². The molecule has 0 bridgehead atoms. The first-order valence-electron chi connectivity index (χ1n) is 5.62. The average Bonchev–Trinajstić information content (AvgIpc) is 2.87. The Morgan fingerprint density at radius 1 is 1.32 bits per heavy atom. The lowest BCUT2D eigenvalue weighted by Gasteiger charge is -2.13. The fourth-order valence-electron chi connectivity index (χ4n) is 1.56. The van der Waals surface area contributed by atoms with Crippen LogP contribution in [-0.4, -0.2) is 6.03 Å². The molecular weight excluding hydrogens is 270 g/mol. The quantitative estimate of drug-likeness (QED) is 0.880. The molecule has 2 N–H and O–H groups in total. The third-order valence-corrected chi connectivity index (χ3v) is 3.55. The topological polar surface area (TPSA) is 41.1 Å². The van der Waals surface area contributed by atoms with Crippen molar-refractivity contribution in [2.75, 3.05) is 5.32 Å². The second-order valence-corrected chi connectivity index (χ2v) is 4.94. The van der Waals surface area contributed by atoms with Crippen molar-refractivity contribution in [2.45, 2.75) is 13.0 Å². The summed E-state index contributed by atoms with van der Waals surface area (Å²) in [6, 6.07) is 5.88. The van der Waals surface area contributed by atoms with E-state index >= 15 is 0 Å². The summed E-state index contributed by atoms with van der Waals surface area (Å²) < 4.78 is 26.3. The van der Waals surface area contributed by atoms with E-state index in [2.05, 4.69) is 10.6 Å². The van der Waals surface area contributed by atoms with E-state index in [1.165, 1.54) is 11.3 Å². The first-order valence-corrected chi connectivity index (χ1v) is 6.50. The number of carbonyl (C=O) groups is 1. The minimum absolute atomic E-state index is 0.184. The largest absolute Gasteiger partial charge is 0.331 e. The molecule has 1 atom stereocenters. The molecule has 0 saturated carbocycles. The fourth-order valence-corrected chi connectivity index (χ4v) is 2.29. The molecule has 0 aliphatic rings. The molecule has 1 unspecified atom stereocenters. The highest BCUT2D eigenvalue weighted by Gasteiger charge is 2.12. The zero-order valence-corrected chi connectivity index (χ0v) is 10.9. The van der Waals surface area contributed by atoms with Crippen molar-refractivity contribution >= 4 is 23.1 Å². The average molecular weight is 282 g/mol. The summed E-state index contributed by atoms with van der Waals surface area (Å²) in [5.41, 5.74) is -0.184. The van der Waals surface area contributed by atoms with E-state index in [-0.39, 0.29) is 11.7 Å². The summed E-state index contributed by atoms with van der Waals surface area (Å²) in [6.07, 6.45) is 0. The van der Waals surface area contributed by atoms with Gasteiger partial charge in [-0.1, -0.05) is 6.07 Å². The van der Waals surface area contributed by atoms with Gasteiger partial charge < -0.3 is 10.6 Å². The molecule has 1 aromatic heterocycles. The summed E-state index contributed by atoms with van der Waals surface area (Å²) in [7, 11) is 0. The summed E-state index contributed by atoms with van der Waals surface area (Å²) >= 11 is 1.51. The molecule has 2 rings (SSSR count). The highest BCUT2D eigenvalue weighted by Crippen LogP contribution is 2.19. The van der Waals surface area contributed by atoms with E-state index in [4.69, 9.17) is 0 Å². The zero-order valence-electron chi connectivity index (χ0n) is 10.1. The molecule has 0 spiro atoms. The highest BCUT2D eigenvalue weighted by molar-refractivity contribution is 7.10. The van der Waals surface area contributed by atoms with E-state index in [0.29, 0.717) is 0 Å². The van der Waals surface area contributed by atoms with E-state index in [1.54, 1.807) is 0 Å². The third kappa shape index (κ3) is 3.51. The Labute approximate surface area is 113 Å². The lowest BCUT2D eigenvalue weighted by atomic mass is 10.3. The number of benzene rings is 1. The smallest absolute Gasteiger partial charge is 0.319 e. The van der Waals surface area contributed by atoms with Gasteiger partial charge in [0.15, 0.2) is 0 Å². The standard InChI is InChI=1S/C13H12F2N2OS/c1-8(12-3-2-6-19-12)16-13(18)17-11-7-9(14)4-5-10(11)15/h2-8H,1H3,(H2,16,17,18). The molecule has 0 aliphatic carbocycles. The molecule has 0 saturated heterocycles. The van der Waals surface area contributed by atoms with Gasteiger partial charge in [-0.15, -0.1) is 11.3 Å². The van der Waals surface area contributed by atoms with Crippen LogP contribution in [0.5, 0.6) is 0 Å². The molecule has 6 heteroatoms. The Hall–Kier alpha value is -1.95. The molecule has 19 heavy (non-hydrogen) atoms. The van der Waals surface area contributed by atoms with Gasteiger partial charge in [-0.3, -0.25) is 0 Å². The van der Waals surface area contributed by atoms with Crippen LogP contribution >= 0.6 is 11.3 Å². The van der Waals surface area contributed by atoms with E-state index in [0.717, 1.165) is 23.1 Å². The number of hydrogen-bond donors (Lipinski definition) is 2. The molecule has 2 amide bonds. The van der Waals surface area contributed by atoms with Crippen LogP contribution in [-0.2, 0) is 0 Å². The number of carbonyl (C=O) groups excluding carboxylic acids is 1. The normalized spacial score (nSPS) is 11.9. The lowest BCUT2D eigenvalue weighted by Crippen LogP contribution is -2.31. The number of amides is 2. The lowest BCUT2D eigenvalue weighted by molar-refractivity contribution is 0.249. The third-order valence-electron chi connectivity index (χ3n) is 2.49. The van der Waals surface area contributed by atoms with E-state index in [9.17, 15) is 13.6 Å². The van der Waals surface area contributed by atoms with Gasteiger partial charge in [0.05, 0.1) is 11.7 Å². The first kappa shape index (κ1) is 13.5. The summed E-state index contributed by atoms with van der Waals surface area (Å²) in [4.78, 5) is 12.7. The molecule has 100 valence electrons. The van der Waals surface area contributed by atoms with Gasteiger partial charge in [0, 0.05) is 10.9 Å². The molecule has 0 fully saturated rings. The highest BCUT2D eigenvalue weighted by atomic mass is 32.1. The zero-order chi connectivity index (χ0) is 13.8. The van der Waals surface area contributed by atoms with Crippen LogP contribution < -0.4 is 10.6 Å². The Kier molecular flexibility index (Phi) is 4.11. The van der Waals surface area contributed by atoms with E-state index < -0.39 is 17.7 Å². The van der Waals surface area contributed by atoms with Crippen molar-refractivity contribution in [2.24, 2.45) is 0 Å². The number of rotatable bonds is 3. The van der Waals surface area contributed by atoms with Crippen molar-refractivity contribution in [3.05, 3.63) is 52.2 Å². The molecule has 2 aromatic rings. The molecule has 1 heterocycles. The first-order chi connectivity index (χ1) is 9.06. The molecule has 0 aliphatic heterocycles. The Bertz CT molecular complexity index is 572. The minimum Gasteiger partial charge on any atom is -0.331 e. The Morgan fingerprint density at radius 2 is 2.11 bits per heavy atom. The number of anilines is 1. The summed E-state index contributed by atoms with van der Waals surface area (Å²) in [5, 5.41) is 6.83. The maximum atomic E-state index is 13.3. The molecule has 0 radical (unpaired) electrons. The monoisotopic (exact) mass is 282 g/mol. The van der Waals surface area contributed by atoms with Gasteiger partial charge in [-0.25, -0.2) is 13.6 Å². The molecular formula is C13H12F2N2OS. The SMILES string of the molecule is CC(NC(=O)Nc1cc(F)ccc1F)c1cccs1. The van der Waals surface area contributed by atoms with Crippen molar-refractivity contribution in [1.82, 2.24) is 5.32 Å². The van der Waals surface area contributed by atoms with E-state index in [1.807, 2.05) is 24.4 Å². The van der Waals surface area contributed by atoms with Crippen LogP contribution in [0.2, 0.25) is 0 Å². The predicted molar refractivity (Wildman–Crippen MR) is 71.2 cm³/mol. The summed E-state index contributed by atoms with van der Waals surface area (Å²) in [6.45, 7) is 1.81. The van der Waals surface area contributed by atoms with Crippen molar-refractivity contribution in [3.63, 3.8) is 0 Å². The van der Waals surface area contributed by atoms with Gasteiger partial charge in [0.25, 0.3) is 0 Å². The Balaban J connectivity index is 1.99. The number of hydrogen-bond acceptors (Lipinski definition) is 2. The van der Waals surface area contributed by atoms with Gasteiger partial charge >= 0.3 is 6.03 Å². The number of halogens is 2. The van der Waals surface area contributed by atoms with Crippen LogP contribution in [0.3, 0.4) is 0 Å². The minimum atomic E-state index is -0.680. The summed E-state index contributed by atoms with van der Waals surface area (Å²) in [5.74, 6) is -1.29. The maximum absolute atomic E-state index is 13.3. The van der Waals surface area contributed by atoms with Crippen LogP contribution in [0.4, 0.5) is 19.3 Å². The number of thiophene rings is 1. The second-order valence-electron chi connectivity index (χ2n) is 3.96. The molecule has 1 aromatic carbocycles. The van der Waals surface area contributed by atoms with Crippen LogP contribution in [0.1, 0.15) is 17.8 Å². The molecule has 3 nitrogen and oxygen atoms in total. The number of urea groups is 1. The van der Waals surface area contributed by atoms with Crippen LogP contribution in [0.25, 0.3) is 0 Å². The fraction of sp³-hybridized carbons (Fsp3) is 0.154. The van der Waals surface area contributed by atoms with Gasteiger partial charge in [0.1, 0.15) is 11.6 Å². The van der Waals surface area contributed by atoms with Crippen LogP contribution in [0, 0.1) is 11.6 Å². The predicted octanol–water partition coefficient (Wildman–Crippen LogP) is 3.91. The number of nitrogens with one attached hydrogen (secondary N) is 2. The van der Waals surface area contributed by atoms with Crippen molar-refractivity contribution in [1.29, 1.82) is 0 Å². The Morgan fingerprint density at radius 3 is 2.79 bits per heavy atom. The second kappa shape index (κ2) is 5.79. The van der Waals surface area contributed by atoms with Gasteiger partial charge in [-0.2, -0.15) is 0 Å². The van der Waals surface area contributed by atoms with Crippen LogP contribution in [0.15, 0.2) is 35.7 Å². The van der Waals surface area contributed by atoms with Crippen molar-refractivity contribution < 1.29 is 13.6 Å². The van der Waals surface area contributed by atoms with Gasteiger partial charge in [-0.05, 0) is 30.5 Å². The van der Waals surface area contributed by atoms with Gasteiger partial charge in [0.2, 0.25) is 0 Å².